The second-order valence-electron chi connectivity index (χ2n) is 5.78. The zero-order valence-corrected chi connectivity index (χ0v) is 13.0. The maximum Gasteiger partial charge on any atom is 0.418 e. The van der Waals surface area contributed by atoms with Gasteiger partial charge in [0.25, 0.3) is 0 Å². The first-order valence-corrected chi connectivity index (χ1v) is 6.40. The highest BCUT2D eigenvalue weighted by Crippen LogP contribution is 2.13. The molecule has 6 heteroatoms. The Morgan fingerprint density at radius 2 is 1.74 bits per heavy atom. The predicted octanol–water partition coefficient (Wildman–Crippen LogP) is 2.88. The molecule has 0 radical (unpaired) electrons. The van der Waals surface area contributed by atoms with E-state index in [2.05, 4.69) is 0 Å². The van der Waals surface area contributed by atoms with Crippen LogP contribution in [0.25, 0.3) is 0 Å². The van der Waals surface area contributed by atoms with Gasteiger partial charge < -0.3 is 4.74 Å². The smallest absolute Gasteiger partial charge is 0.418 e. The van der Waals surface area contributed by atoms with E-state index in [1.54, 1.807) is 20.8 Å². The molecule has 0 aliphatic rings. The second-order valence-corrected chi connectivity index (χ2v) is 5.78. The Balaban J connectivity index is 4.84. The quantitative estimate of drug-likeness (QED) is 0.740. The lowest BCUT2D eigenvalue weighted by molar-refractivity contribution is -0.0769. The molecule has 0 saturated heterocycles. The van der Waals surface area contributed by atoms with Crippen LogP contribution in [0.4, 0.5) is 9.59 Å². The minimum Gasteiger partial charge on any atom is -0.443 e. The lowest BCUT2D eigenvalue weighted by Gasteiger charge is -2.28. The van der Waals surface area contributed by atoms with Crippen LogP contribution in [0, 0.1) is 5.92 Å². The van der Waals surface area contributed by atoms with Crippen molar-refractivity contribution in [3.63, 3.8) is 0 Å². The fourth-order valence-corrected chi connectivity index (χ4v) is 1.22. The summed E-state index contributed by atoms with van der Waals surface area (Å²) in [4.78, 5) is 30.0. The van der Waals surface area contributed by atoms with Crippen molar-refractivity contribution in [2.75, 3.05) is 20.7 Å². The number of hydrogen-bond acceptors (Lipinski definition) is 4. The molecular weight excluding hydrogens is 248 g/mol. The summed E-state index contributed by atoms with van der Waals surface area (Å²) in [7, 11) is 2.82. The van der Waals surface area contributed by atoms with Gasteiger partial charge in [0.2, 0.25) is 0 Å². The van der Waals surface area contributed by atoms with Gasteiger partial charge >= 0.3 is 12.1 Å². The summed E-state index contributed by atoms with van der Waals surface area (Å²) in [6.45, 7) is 9.64. The van der Waals surface area contributed by atoms with E-state index in [-0.39, 0.29) is 0 Å². The molecule has 19 heavy (non-hydrogen) atoms. The normalized spacial score (nSPS) is 11.4. The molecule has 6 nitrogen and oxygen atoms in total. The van der Waals surface area contributed by atoms with Crippen LogP contribution in [0.1, 0.15) is 41.0 Å². The largest absolute Gasteiger partial charge is 0.443 e. The second kappa shape index (κ2) is 7.33. The average Bonchev–Trinajstić information content (AvgIpc) is 2.24. The number of carbonyl (C=O) groups excluding carboxylic acids is 2. The molecule has 0 aromatic carbocycles. The average molecular weight is 274 g/mol. The number of hydroxylamine groups is 2. The highest BCUT2D eigenvalue weighted by Gasteiger charge is 2.29. The van der Waals surface area contributed by atoms with E-state index in [9.17, 15) is 9.59 Å². The molecule has 0 aliphatic heterocycles. The zero-order chi connectivity index (χ0) is 15.2. The third-order valence-corrected chi connectivity index (χ3v) is 2.32. The molecule has 0 aromatic rings. The van der Waals surface area contributed by atoms with E-state index < -0.39 is 17.7 Å². The summed E-state index contributed by atoms with van der Waals surface area (Å²) < 4.78 is 5.23. The van der Waals surface area contributed by atoms with Gasteiger partial charge in [-0.2, -0.15) is 0 Å². The van der Waals surface area contributed by atoms with Gasteiger partial charge in [0.05, 0.1) is 7.11 Å². The maximum absolute atomic E-state index is 12.0. The predicted molar refractivity (Wildman–Crippen MR) is 72.6 cm³/mol. The molecule has 3 amide bonds. The van der Waals surface area contributed by atoms with Gasteiger partial charge in [-0.25, -0.2) is 19.6 Å². The Kier molecular flexibility index (Phi) is 6.83. The molecule has 0 fully saturated rings. The van der Waals surface area contributed by atoms with Crippen LogP contribution < -0.4 is 0 Å². The number of rotatable bonds is 4. The van der Waals surface area contributed by atoms with Crippen LogP contribution in [0.15, 0.2) is 0 Å². The molecular formula is C13H26N2O4. The molecule has 112 valence electrons. The van der Waals surface area contributed by atoms with Crippen molar-refractivity contribution in [1.29, 1.82) is 0 Å². The van der Waals surface area contributed by atoms with Crippen molar-refractivity contribution in [2.45, 2.75) is 46.6 Å². The maximum atomic E-state index is 12.0. The Hall–Kier alpha value is -1.30. The topological polar surface area (TPSA) is 59.1 Å². The third kappa shape index (κ3) is 7.00. The third-order valence-electron chi connectivity index (χ3n) is 2.32. The zero-order valence-electron chi connectivity index (χ0n) is 13.0. The van der Waals surface area contributed by atoms with Crippen LogP contribution in [0.3, 0.4) is 0 Å². The van der Waals surface area contributed by atoms with Crippen LogP contribution >= 0.6 is 0 Å². The monoisotopic (exact) mass is 274 g/mol. The van der Waals surface area contributed by atoms with Crippen LogP contribution in [0.2, 0.25) is 0 Å². The lowest BCUT2D eigenvalue weighted by atomic mass is 10.1. The van der Waals surface area contributed by atoms with E-state index in [0.29, 0.717) is 18.9 Å². The number of imide groups is 1. The van der Waals surface area contributed by atoms with E-state index in [0.717, 1.165) is 9.96 Å². The number of ether oxygens (including phenoxy) is 1. The summed E-state index contributed by atoms with van der Waals surface area (Å²) >= 11 is 0. The van der Waals surface area contributed by atoms with Crippen molar-refractivity contribution in [1.82, 2.24) is 9.96 Å². The highest BCUT2D eigenvalue weighted by atomic mass is 16.7. The van der Waals surface area contributed by atoms with Gasteiger partial charge in [-0.15, -0.1) is 0 Å². The van der Waals surface area contributed by atoms with Crippen molar-refractivity contribution in [3.8, 4) is 0 Å². The first-order valence-electron chi connectivity index (χ1n) is 6.40. The highest BCUT2D eigenvalue weighted by molar-refractivity contribution is 5.90. The van der Waals surface area contributed by atoms with E-state index in [1.165, 1.54) is 14.2 Å². The van der Waals surface area contributed by atoms with Crippen molar-refractivity contribution in [2.24, 2.45) is 5.92 Å². The lowest BCUT2D eigenvalue weighted by Crippen LogP contribution is -2.47. The summed E-state index contributed by atoms with van der Waals surface area (Å²) in [5.74, 6) is 0.380. The first kappa shape index (κ1) is 17.7. The van der Waals surface area contributed by atoms with Crippen LogP contribution in [-0.4, -0.2) is 48.4 Å². The first-order chi connectivity index (χ1) is 8.58. The Morgan fingerprint density at radius 1 is 1.21 bits per heavy atom. The molecule has 0 aliphatic carbocycles. The minimum atomic E-state index is -0.651. The van der Waals surface area contributed by atoms with Gasteiger partial charge in [0, 0.05) is 13.6 Å². The molecule has 0 saturated carbocycles. The fraction of sp³-hybridized carbons (Fsp3) is 0.846. The van der Waals surface area contributed by atoms with Gasteiger partial charge in [-0.05, 0) is 33.1 Å². The molecule has 0 unspecified atom stereocenters. The molecule has 0 rings (SSSR count). The molecule has 0 heterocycles. The van der Waals surface area contributed by atoms with Crippen molar-refractivity contribution < 1.29 is 19.2 Å². The summed E-state index contributed by atoms with van der Waals surface area (Å²) in [5, 5.41) is 1.00. The van der Waals surface area contributed by atoms with E-state index in [4.69, 9.17) is 9.57 Å². The Labute approximate surface area is 115 Å². The SMILES string of the molecule is CON(C)C(=O)N(CCC(C)C)C(=O)OC(C)(C)C. The van der Waals surface area contributed by atoms with Crippen molar-refractivity contribution in [3.05, 3.63) is 0 Å². The standard InChI is InChI=1S/C13H26N2O4/c1-10(2)8-9-15(11(16)14(6)18-7)12(17)19-13(3,4)5/h10H,8-9H2,1-7H3. The molecule has 0 spiro atoms. The molecule has 0 aromatic heterocycles. The van der Waals surface area contributed by atoms with Crippen molar-refractivity contribution >= 4 is 12.1 Å². The fourth-order valence-electron chi connectivity index (χ4n) is 1.22. The van der Waals surface area contributed by atoms with E-state index in [1.807, 2.05) is 13.8 Å². The van der Waals surface area contributed by atoms with Crippen LogP contribution in [-0.2, 0) is 9.57 Å². The van der Waals surface area contributed by atoms with Gasteiger partial charge in [-0.1, -0.05) is 13.8 Å². The van der Waals surface area contributed by atoms with Gasteiger partial charge in [0.1, 0.15) is 5.60 Å². The molecule has 0 bridgehead atoms. The van der Waals surface area contributed by atoms with Crippen LogP contribution in [0.5, 0.6) is 0 Å². The summed E-state index contributed by atoms with van der Waals surface area (Å²) in [6.07, 6.45) is 0.0600. The van der Waals surface area contributed by atoms with E-state index >= 15 is 0 Å². The molecule has 0 atom stereocenters. The van der Waals surface area contributed by atoms with Gasteiger partial charge in [-0.3, -0.25) is 4.84 Å². The summed E-state index contributed by atoms with van der Waals surface area (Å²) in [6, 6.07) is -0.530. The Bertz CT molecular complexity index is 310. The number of amides is 3. The number of nitrogens with zero attached hydrogens (tertiary/aromatic N) is 2. The minimum absolute atomic E-state index is 0.305. The summed E-state index contributed by atoms with van der Waals surface area (Å²) in [5.41, 5.74) is -0.640. The molecule has 0 N–H and O–H groups in total. The number of hydrogen-bond donors (Lipinski definition) is 0. The number of carbonyl (C=O) groups is 2. The van der Waals surface area contributed by atoms with Gasteiger partial charge in [0.15, 0.2) is 0 Å². The number of urea groups is 1. The Morgan fingerprint density at radius 3 is 2.11 bits per heavy atom.